The van der Waals surface area contributed by atoms with Crippen molar-refractivity contribution in [3.8, 4) is 0 Å². The topological polar surface area (TPSA) is 26.3 Å². The van der Waals surface area contributed by atoms with Crippen LogP contribution in [0, 0.1) is 17.8 Å². The van der Waals surface area contributed by atoms with E-state index in [2.05, 4.69) is 13.2 Å². The van der Waals surface area contributed by atoms with E-state index in [4.69, 9.17) is 4.74 Å². The van der Waals surface area contributed by atoms with Crippen LogP contribution in [-0.4, -0.2) is 12.4 Å². The van der Waals surface area contributed by atoms with Gasteiger partial charge in [0.2, 0.25) is 0 Å². The first kappa shape index (κ1) is 13.4. The van der Waals surface area contributed by atoms with E-state index < -0.39 is 0 Å². The summed E-state index contributed by atoms with van der Waals surface area (Å²) in [7, 11) is 0. The summed E-state index contributed by atoms with van der Waals surface area (Å²) in [5, 5.41) is 0. The molecule has 1 aliphatic heterocycles. The zero-order valence-electron chi connectivity index (χ0n) is 11.4. The lowest BCUT2D eigenvalue weighted by Crippen LogP contribution is -2.13. The average molecular weight is 248 g/mol. The van der Waals surface area contributed by atoms with Crippen LogP contribution in [0.15, 0.2) is 24.5 Å². The molecule has 2 aliphatic rings. The monoisotopic (exact) mass is 248 g/mol. The van der Waals surface area contributed by atoms with Gasteiger partial charge in [-0.3, -0.25) is 4.79 Å². The molecule has 0 aromatic heterocycles. The third kappa shape index (κ3) is 3.04. The van der Waals surface area contributed by atoms with Crippen molar-refractivity contribution < 1.29 is 9.53 Å². The smallest absolute Gasteiger partial charge is 0.157 e. The molecule has 18 heavy (non-hydrogen) atoms. The fourth-order valence-corrected chi connectivity index (χ4v) is 3.31. The van der Waals surface area contributed by atoms with Crippen LogP contribution in [0.5, 0.6) is 0 Å². The van der Waals surface area contributed by atoms with Crippen molar-refractivity contribution in [3.63, 3.8) is 0 Å². The second-order valence-electron chi connectivity index (χ2n) is 5.92. The summed E-state index contributed by atoms with van der Waals surface area (Å²) in [5.74, 6) is 3.12. The largest absolute Gasteiger partial charge is 0.498 e. The van der Waals surface area contributed by atoms with E-state index in [-0.39, 0.29) is 5.78 Å². The average Bonchev–Trinajstić information content (AvgIpc) is 2.58. The molecule has 2 heteroatoms. The molecule has 3 atom stereocenters. The van der Waals surface area contributed by atoms with E-state index >= 15 is 0 Å². The molecule has 0 spiro atoms. The Morgan fingerprint density at radius 2 is 2.22 bits per heavy atom. The van der Waals surface area contributed by atoms with E-state index in [1.807, 2.05) is 0 Å². The highest BCUT2D eigenvalue weighted by molar-refractivity contribution is 5.94. The maximum atomic E-state index is 11.6. The second kappa shape index (κ2) is 5.73. The van der Waals surface area contributed by atoms with Crippen LogP contribution < -0.4 is 0 Å². The van der Waals surface area contributed by atoms with Gasteiger partial charge in [0.05, 0.1) is 12.4 Å². The molecule has 0 aromatic rings. The van der Waals surface area contributed by atoms with E-state index in [1.54, 1.807) is 6.92 Å². The summed E-state index contributed by atoms with van der Waals surface area (Å²) in [4.78, 5) is 11.6. The van der Waals surface area contributed by atoms with Gasteiger partial charge in [-0.05, 0) is 37.7 Å². The van der Waals surface area contributed by atoms with Crippen molar-refractivity contribution in [3.05, 3.63) is 24.5 Å². The van der Waals surface area contributed by atoms with E-state index in [0.29, 0.717) is 29.7 Å². The highest BCUT2D eigenvalue weighted by Gasteiger charge is 2.35. The number of ketones is 1. The molecule has 0 radical (unpaired) electrons. The van der Waals surface area contributed by atoms with Crippen molar-refractivity contribution >= 4 is 5.78 Å². The van der Waals surface area contributed by atoms with E-state index in [9.17, 15) is 4.79 Å². The summed E-state index contributed by atoms with van der Waals surface area (Å²) in [6, 6.07) is 0. The molecule has 0 aromatic carbocycles. The molecule has 2 rings (SSSR count). The molecular formula is C16H24O2. The molecule has 100 valence electrons. The summed E-state index contributed by atoms with van der Waals surface area (Å²) >= 11 is 0. The second-order valence-corrected chi connectivity index (χ2v) is 5.92. The number of hydrogen-bond donors (Lipinski definition) is 0. The number of hydrogen-bond acceptors (Lipinski definition) is 2. The molecule has 1 heterocycles. The van der Waals surface area contributed by atoms with Crippen LogP contribution >= 0.6 is 0 Å². The van der Waals surface area contributed by atoms with Gasteiger partial charge in [-0.15, -0.1) is 0 Å². The lowest BCUT2D eigenvalue weighted by molar-refractivity contribution is -0.115. The Morgan fingerprint density at radius 1 is 1.44 bits per heavy atom. The van der Waals surface area contributed by atoms with Crippen molar-refractivity contribution in [2.75, 3.05) is 6.61 Å². The predicted molar refractivity (Wildman–Crippen MR) is 73.1 cm³/mol. The Kier molecular flexibility index (Phi) is 4.26. The van der Waals surface area contributed by atoms with Crippen molar-refractivity contribution in [1.29, 1.82) is 0 Å². The third-order valence-electron chi connectivity index (χ3n) is 4.48. The standard InChI is InChI=1S/C16H24O2/c1-11(2)16(17)8-7-13-5-4-6-15-12(3)18-10-14(15)9-13/h13-15H,1,3-10H2,2H3. The third-order valence-corrected chi connectivity index (χ3v) is 4.48. The first-order valence-corrected chi connectivity index (χ1v) is 7.08. The Labute approximate surface area is 110 Å². The quantitative estimate of drug-likeness (QED) is 0.706. The Bertz CT molecular complexity index is 356. The highest BCUT2D eigenvalue weighted by Crippen LogP contribution is 2.42. The molecule has 2 nitrogen and oxygen atoms in total. The van der Waals surface area contributed by atoms with Gasteiger partial charge in [-0.25, -0.2) is 0 Å². The lowest BCUT2D eigenvalue weighted by Gasteiger charge is -2.17. The fourth-order valence-electron chi connectivity index (χ4n) is 3.31. The zero-order chi connectivity index (χ0) is 13.1. The van der Waals surface area contributed by atoms with Crippen LogP contribution in [0.25, 0.3) is 0 Å². The molecule has 0 amide bonds. The number of carbonyl (C=O) groups excluding carboxylic acids is 1. The van der Waals surface area contributed by atoms with Crippen LogP contribution in [0.4, 0.5) is 0 Å². The van der Waals surface area contributed by atoms with Gasteiger partial charge >= 0.3 is 0 Å². The van der Waals surface area contributed by atoms with Crippen molar-refractivity contribution in [1.82, 2.24) is 0 Å². The van der Waals surface area contributed by atoms with Crippen molar-refractivity contribution in [2.45, 2.75) is 45.4 Å². The number of carbonyl (C=O) groups is 1. The number of fused-ring (bicyclic) bond motifs is 1. The molecule has 3 unspecified atom stereocenters. The van der Waals surface area contributed by atoms with Crippen LogP contribution in [0.2, 0.25) is 0 Å². The molecular weight excluding hydrogens is 224 g/mol. The van der Waals surface area contributed by atoms with Crippen molar-refractivity contribution in [2.24, 2.45) is 17.8 Å². The molecule has 1 saturated heterocycles. The summed E-state index contributed by atoms with van der Waals surface area (Å²) in [6.45, 7) is 10.4. The minimum atomic E-state index is 0.225. The van der Waals surface area contributed by atoms with Gasteiger partial charge < -0.3 is 4.74 Å². The van der Waals surface area contributed by atoms with Crippen LogP contribution in [0.1, 0.15) is 45.4 Å². The van der Waals surface area contributed by atoms with Gasteiger partial charge in [-0.2, -0.15) is 0 Å². The molecule has 1 aliphatic carbocycles. The summed E-state index contributed by atoms with van der Waals surface area (Å²) in [6.07, 6.45) is 6.60. The van der Waals surface area contributed by atoms with Gasteiger partial charge in [0.1, 0.15) is 0 Å². The summed E-state index contributed by atoms with van der Waals surface area (Å²) < 4.78 is 5.59. The SMILES string of the molecule is C=C(C)C(=O)CCC1CCCC2C(=C)OCC2C1. The number of Topliss-reactive ketones (excluding diaryl/α,β-unsaturated/α-hetero) is 1. The minimum absolute atomic E-state index is 0.225. The first-order chi connectivity index (χ1) is 8.58. The molecule has 1 saturated carbocycles. The minimum Gasteiger partial charge on any atom is -0.498 e. The van der Waals surface area contributed by atoms with E-state index in [0.717, 1.165) is 18.8 Å². The molecule has 2 fully saturated rings. The Balaban J connectivity index is 1.85. The Hall–Kier alpha value is -1.05. The van der Waals surface area contributed by atoms with Gasteiger partial charge in [0, 0.05) is 18.3 Å². The van der Waals surface area contributed by atoms with E-state index in [1.165, 1.54) is 25.7 Å². The Morgan fingerprint density at radius 3 is 2.94 bits per heavy atom. The molecule has 0 N–H and O–H groups in total. The normalized spacial score (nSPS) is 31.4. The number of allylic oxidation sites excluding steroid dienone is 2. The lowest BCUT2D eigenvalue weighted by atomic mass is 9.85. The maximum absolute atomic E-state index is 11.6. The first-order valence-electron chi connectivity index (χ1n) is 7.08. The van der Waals surface area contributed by atoms with Crippen LogP contribution in [-0.2, 0) is 9.53 Å². The highest BCUT2D eigenvalue weighted by atomic mass is 16.5. The van der Waals surface area contributed by atoms with Gasteiger partial charge in [-0.1, -0.05) is 26.0 Å². The number of rotatable bonds is 4. The number of ether oxygens (including phenoxy) is 1. The van der Waals surface area contributed by atoms with Gasteiger partial charge in [0.25, 0.3) is 0 Å². The van der Waals surface area contributed by atoms with Crippen LogP contribution in [0.3, 0.4) is 0 Å². The summed E-state index contributed by atoms with van der Waals surface area (Å²) in [5.41, 5.74) is 0.694. The maximum Gasteiger partial charge on any atom is 0.157 e. The molecule has 0 bridgehead atoms. The predicted octanol–water partition coefficient (Wildman–Crippen LogP) is 3.88. The zero-order valence-corrected chi connectivity index (χ0v) is 11.4. The fraction of sp³-hybridized carbons (Fsp3) is 0.688. The van der Waals surface area contributed by atoms with Gasteiger partial charge in [0.15, 0.2) is 5.78 Å².